The quantitative estimate of drug-likeness (QED) is 0.189. The number of fused-ring (bicyclic) bond motifs is 1. The summed E-state index contributed by atoms with van der Waals surface area (Å²) in [6.07, 6.45) is 6.26. The Labute approximate surface area is 214 Å². The van der Waals surface area contributed by atoms with E-state index >= 15 is 0 Å². The number of ether oxygens (including phenoxy) is 6. The minimum absolute atomic E-state index is 0.134. The molecule has 0 aliphatic carbocycles. The maximum Gasteiger partial charge on any atom is 0.342 e. The second-order valence-electron chi connectivity index (χ2n) is 8.95. The lowest BCUT2D eigenvalue weighted by molar-refractivity contribution is -0.104. The summed E-state index contributed by atoms with van der Waals surface area (Å²) in [5, 5.41) is 0. The highest BCUT2D eigenvalue weighted by Gasteiger charge is 2.28. The van der Waals surface area contributed by atoms with Gasteiger partial charge in [0.1, 0.15) is 30.0 Å². The fourth-order valence-electron chi connectivity index (χ4n) is 4.26. The normalized spacial score (nSPS) is 21.4. The van der Waals surface area contributed by atoms with Crippen LogP contribution < -0.4 is 9.47 Å². The molecule has 0 aromatic heterocycles. The van der Waals surface area contributed by atoms with Crippen molar-refractivity contribution in [2.24, 2.45) is 5.92 Å². The van der Waals surface area contributed by atoms with Crippen LogP contribution in [-0.2, 0) is 32.0 Å². The minimum atomic E-state index is -0.394. The third-order valence-electron chi connectivity index (χ3n) is 6.36. The van der Waals surface area contributed by atoms with Crippen molar-refractivity contribution < 1.29 is 33.2 Å². The van der Waals surface area contributed by atoms with Crippen LogP contribution in [0.25, 0.3) is 0 Å². The summed E-state index contributed by atoms with van der Waals surface area (Å²) in [6.45, 7) is 3.23. The van der Waals surface area contributed by atoms with Crippen molar-refractivity contribution in [3.05, 3.63) is 71.3 Å². The van der Waals surface area contributed by atoms with Gasteiger partial charge in [-0.2, -0.15) is 0 Å². The Morgan fingerprint density at radius 1 is 1.00 bits per heavy atom. The predicted octanol–water partition coefficient (Wildman–Crippen LogP) is 5.35. The molecular formula is C29H38O7. The second kappa shape index (κ2) is 14.6. The molecule has 196 valence electrons. The van der Waals surface area contributed by atoms with Crippen LogP contribution in [0.2, 0.25) is 0 Å². The Kier molecular flexibility index (Phi) is 11.3. The maximum absolute atomic E-state index is 13.4. The standard InChI is InChI=1S/C29H38O7/c1-21-8-5-6-9-23-10-7-11-26(33-4)28(23)29(30)36-25(18-27(21)35-20-31-2)16-17-34-19-22-12-14-24(32-3)15-13-22/h5-7,10-15,21,25,27H,8-9,16-20H2,1-4H3/b6-5-/t21?,25-,27+/m0/s1. The lowest BCUT2D eigenvalue weighted by atomic mass is 9.93. The summed E-state index contributed by atoms with van der Waals surface area (Å²) in [4.78, 5) is 13.4. The lowest BCUT2D eigenvalue weighted by Gasteiger charge is -2.28. The number of hydrogen-bond donors (Lipinski definition) is 0. The van der Waals surface area contributed by atoms with Gasteiger partial charge in [0, 0.05) is 20.0 Å². The van der Waals surface area contributed by atoms with Crippen LogP contribution in [0.5, 0.6) is 11.5 Å². The van der Waals surface area contributed by atoms with Gasteiger partial charge in [0.15, 0.2) is 0 Å². The third-order valence-corrected chi connectivity index (χ3v) is 6.36. The number of hydrogen-bond acceptors (Lipinski definition) is 7. The van der Waals surface area contributed by atoms with Gasteiger partial charge in [-0.3, -0.25) is 0 Å². The number of methoxy groups -OCH3 is 3. The first-order chi connectivity index (χ1) is 17.5. The number of carbonyl (C=O) groups is 1. The monoisotopic (exact) mass is 498 g/mol. The van der Waals surface area contributed by atoms with Crippen molar-refractivity contribution in [1.82, 2.24) is 0 Å². The van der Waals surface area contributed by atoms with Crippen molar-refractivity contribution in [2.75, 3.05) is 34.7 Å². The SMILES string of the molecule is COCO[C@@H]1C[C@H](CCOCc2ccc(OC)cc2)OC(=O)c2c(cccc2OC)C/C=C\CC1C. The molecule has 1 aliphatic heterocycles. The van der Waals surface area contributed by atoms with Gasteiger partial charge in [-0.05, 0) is 48.1 Å². The molecule has 36 heavy (non-hydrogen) atoms. The van der Waals surface area contributed by atoms with Crippen LogP contribution in [0.1, 0.15) is 47.7 Å². The van der Waals surface area contributed by atoms with Crippen molar-refractivity contribution in [2.45, 2.75) is 51.4 Å². The van der Waals surface area contributed by atoms with Crippen LogP contribution in [-0.4, -0.2) is 52.9 Å². The molecule has 0 amide bonds. The number of cyclic esters (lactones) is 1. The number of esters is 1. The lowest BCUT2D eigenvalue weighted by Crippen LogP contribution is -2.32. The van der Waals surface area contributed by atoms with E-state index in [1.807, 2.05) is 36.4 Å². The molecule has 2 aromatic carbocycles. The van der Waals surface area contributed by atoms with Crippen LogP contribution in [0.3, 0.4) is 0 Å². The van der Waals surface area contributed by atoms with Crippen molar-refractivity contribution in [3.8, 4) is 11.5 Å². The average Bonchev–Trinajstić information content (AvgIpc) is 2.90. The maximum atomic E-state index is 13.4. The van der Waals surface area contributed by atoms with Crippen molar-refractivity contribution >= 4 is 5.97 Å². The summed E-state index contributed by atoms with van der Waals surface area (Å²) >= 11 is 0. The molecule has 0 N–H and O–H groups in total. The molecule has 2 aromatic rings. The van der Waals surface area contributed by atoms with Crippen LogP contribution in [0, 0.1) is 5.92 Å². The zero-order chi connectivity index (χ0) is 25.8. The topological polar surface area (TPSA) is 72.5 Å². The molecule has 0 saturated carbocycles. The number of allylic oxidation sites excluding steroid dienone is 2. The minimum Gasteiger partial charge on any atom is -0.497 e. The Bertz CT molecular complexity index is 970. The van der Waals surface area contributed by atoms with Gasteiger partial charge < -0.3 is 28.4 Å². The van der Waals surface area contributed by atoms with E-state index in [1.54, 1.807) is 27.4 Å². The highest BCUT2D eigenvalue weighted by Crippen LogP contribution is 2.28. The van der Waals surface area contributed by atoms with Gasteiger partial charge >= 0.3 is 5.97 Å². The molecule has 7 nitrogen and oxygen atoms in total. The summed E-state index contributed by atoms with van der Waals surface area (Å²) in [5.41, 5.74) is 2.40. The van der Waals surface area contributed by atoms with Crippen LogP contribution in [0.15, 0.2) is 54.6 Å². The number of carbonyl (C=O) groups excluding carboxylic acids is 1. The van der Waals surface area contributed by atoms with Crippen molar-refractivity contribution in [3.63, 3.8) is 0 Å². The van der Waals surface area contributed by atoms with E-state index in [2.05, 4.69) is 19.1 Å². The summed E-state index contributed by atoms with van der Waals surface area (Å²) in [5.74, 6) is 1.15. The smallest absolute Gasteiger partial charge is 0.342 e. The molecule has 1 unspecified atom stereocenters. The molecule has 3 rings (SSSR count). The Morgan fingerprint density at radius 2 is 1.81 bits per heavy atom. The zero-order valence-corrected chi connectivity index (χ0v) is 21.7. The molecule has 0 bridgehead atoms. The summed E-state index contributed by atoms with van der Waals surface area (Å²) < 4.78 is 33.9. The molecule has 3 atom stereocenters. The fourth-order valence-corrected chi connectivity index (χ4v) is 4.26. The van der Waals surface area contributed by atoms with Gasteiger partial charge in [0.05, 0.1) is 33.5 Å². The second-order valence-corrected chi connectivity index (χ2v) is 8.95. The first-order valence-electron chi connectivity index (χ1n) is 12.4. The van der Waals surface area contributed by atoms with Gasteiger partial charge in [-0.15, -0.1) is 0 Å². The molecule has 1 heterocycles. The molecule has 0 radical (unpaired) electrons. The van der Waals surface area contributed by atoms with E-state index in [4.69, 9.17) is 28.4 Å². The largest absolute Gasteiger partial charge is 0.497 e. The zero-order valence-electron chi connectivity index (χ0n) is 21.7. The van der Waals surface area contributed by atoms with Gasteiger partial charge in [0.25, 0.3) is 0 Å². The van der Waals surface area contributed by atoms with Gasteiger partial charge in [-0.1, -0.05) is 43.3 Å². The molecule has 1 aliphatic rings. The average molecular weight is 499 g/mol. The number of rotatable bonds is 10. The van der Waals surface area contributed by atoms with Gasteiger partial charge in [0.2, 0.25) is 0 Å². The molecule has 0 fully saturated rings. The van der Waals surface area contributed by atoms with Gasteiger partial charge in [-0.25, -0.2) is 4.79 Å². The van der Waals surface area contributed by atoms with E-state index in [-0.39, 0.29) is 24.9 Å². The first kappa shape index (κ1) is 27.7. The molecule has 0 spiro atoms. The number of benzene rings is 2. The van der Waals surface area contributed by atoms with Crippen molar-refractivity contribution in [1.29, 1.82) is 0 Å². The Balaban J connectivity index is 1.75. The highest BCUT2D eigenvalue weighted by atomic mass is 16.7. The summed E-state index contributed by atoms with van der Waals surface area (Å²) in [7, 11) is 4.81. The van der Waals surface area contributed by atoms with E-state index in [0.29, 0.717) is 43.8 Å². The molecule has 7 heteroatoms. The van der Waals surface area contributed by atoms with E-state index in [0.717, 1.165) is 23.3 Å². The van der Waals surface area contributed by atoms with E-state index in [1.165, 1.54) is 0 Å². The molecular weight excluding hydrogens is 460 g/mol. The highest BCUT2D eigenvalue weighted by molar-refractivity contribution is 5.94. The summed E-state index contributed by atoms with van der Waals surface area (Å²) in [6, 6.07) is 13.4. The molecule has 0 saturated heterocycles. The van der Waals surface area contributed by atoms with E-state index < -0.39 is 5.97 Å². The fraction of sp³-hybridized carbons (Fsp3) is 0.483. The van der Waals surface area contributed by atoms with Crippen LogP contribution in [0.4, 0.5) is 0 Å². The first-order valence-corrected chi connectivity index (χ1v) is 12.4. The van der Waals surface area contributed by atoms with Crippen LogP contribution >= 0.6 is 0 Å². The van der Waals surface area contributed by atoms with E-state index in [9.17, 15) is 4.79 Å². The predicted molar refractivity (Wildman–Crippen MR) is 137 cm³/mol. The Hall–Kier alpha value is -2.87. The Morgan fingerprint density at radius 3 is 2.53 bits per heavy atom. The third kappa shape index (κ3) is 8.08.